The smallest absolute Gasteiger partial charge is 0.119 e. The zero-order valence-electron chi connectivity index (χ0n) is 16.4. The highest BCUT2D eigenvalue weighted by Crippen LogP contribution is 2.25. The summed E-state index contributed by atoms with van der Waals surface area (Å²) in [7, 11) is 0. The molecule has 146 valence electrons. The molecule has 0 amide bonds. The van der Waals surface area contributed by atoms with Crippen molar-refractivity contribution in [2.24, 2.45) is 0 Å². The molecular formula is C23H28N4O. The van der Waals surface area contributed by atoms with Crippen LogP contribution < -0.4 is 4.74 Å². The Hall–Kier alpha value is -2.42. The number of benzene rings is 1. The van der Waals surface area contributed by atoms with Gasteiger partial charge in [-0.1, -0.05) is 12.1 Å². The molecule has 0 spiro atoms. The number of ether oxygens (including phenoxy) is 1. The molecule has 1 aromatic carbocycles. The van der Waals surface area contributed by atoms with Gasteiger partial charge in [-0.25, -0.2) is 0 Å². The van der Waals surface area contributed by atoms with Gasteiger partial charge in [0, 0.05) is 30.5 Å². The van der Waals surface area contributed by atoms with Crippen molar-refractivity contribution < 1.29 is 4.74 Å². The molecule has 0 aliphatic carbocycles. The maximum Gasteiger partial charge on any atom is 0.119 e. The molecule has 1 aromatic heterocycles. The second kappa shape index (κ2) is 9.18. The lowest BCUT2D eigenvalue weighted by molar-refractivity contribution is 0.114. The van der Waals surface area contributed by atoms with E-state index in [0.29, 0.717) is 12.2 Å². The predicted molar refractivity (Wildman–Crippen MR) is 110 cm³/mol. The van der Waals surface area contributed by atoms with Crippen LogP contribution in [0.2, 0.25) is 0 Å². The van der Waals surface area contributed by atoms with Crippen LogP contribution in [0.25, 0.3) is 11.1 Å². The van der Waals surface area contributed by atoms with Crippen LogP contribution >= 0.6 is 0 Å². The van der Waals surface area contributed by atoms with Gasteiger partial charge >= 0.3 is 0 Å². The summed E-state index contributed by atoms with van der Waals surface area (Å²) in [5.74, 6) is 0.878. The fourth-order valence-electron chi connectivity index (χ4n) is 4.37. The highest BCUT2D eigenvalue weighted by molar-refractivity contribution is 5.70. The van der Waals surface area contributed by atoms with E-state index in [1.54, 1.807) is 12.4 Å². The Kier molecular flexibility index (Phi) is 6.20. The molecule has 2 aliphatic rings. The molecule has 0 radical (unpaired) electrons. The van der Waals surface area contributed by atoms with Gasteiger partial charge in [0.2, 0.25) is 0 Å². The summed E-state index contributed by atoms with van der Waals surface area (Å²) in [6.07, 6.45) is 8.67. The molecule has 2 fully saturated rings. The largest absolute Gasteiger partial charge is 0.492 e. The Bertz CT molecular complexity index is 800. The van der Waals surface area contributed by atoms with Crippen LogP contribution in [0, 0.1) is 11.3 Å². The van der Waals surface area contributed by atoms with E-state index < -0.39 is 0 Å². The number of hydrogen-bond acceptors (Lipinski definition) is 5. The molecule has 0 atom stereocenters. The molecule has 5 nitrogen and oxygen atoms in total. The summed E-state index contributed by atoms with van der Waals surface area (Å²) in [4.78, 5) is 9.23. The average molecular weight is 377 g/mol. The summed E-state index contributed by atoms with van der Waals surface area (Å²) < 4.78 is 5.95. The van der Waals surface area contributed by atoms with Crippen LogP contribution in [0.5, 0.6) is 5.75 Å². The summed E-state index contributed by atoms with van der Waals surface area (Å²) in [5.41, 5.74) is 2.51. The second-order valence-corrected chi connectivity index (χ2v) is 7.72. The SMILES string of the molecule is N#Cc1cnccc1-c1ccc(OCCN2CCC(N3CCCC3)CC2)cc1. The van der Waals surface area contributed by atoms with E-state index in [1.165, 1.54) is 51.9 Å². The highest BCUT2D eigenvalue weighted by Gasteiger charge is 2.26. The van der Waals surface area contributed by atoms with E-state index >= 15 is 0 Å². The van der Waals surface area contributed by atoms with Crippen molar-refractivity contribution in [3.05, 3.63) is 48.3 Å². The number of hydrogen-bond donors (Lipinski definition) is 0. The van der Waals surface area contributed by atoms with E-state index in [2.05, 4.69) is 20.9 Å². The molecule has 2 aliphatic heterocycles. The number of piperidine rings is 1. The van der Waals surface area contributed by atoms with E-state index in [0.717, 1.165) is 29.5 Å². The molecule has 28 heavy (non-hydrogen) atoms. The first-order chi connectivity index (χ1) is 13.8. The minimum absolute atomic E-state index is 0.591. The van der Waals surface area contributed by atoms with Gasteiger partial charge in [-0.15, -0.1) is 0 Å². The molecule has 0 N–H and O–H groups in total. The Morgan fingerprint density at radius 2 is 1.79 bits per heavy atom. The fraction of sp³-hybridized carbons (Fsp3) is 0.478. The van der Waals surface area contributed by atoms with Gasteiger partial charge in [-0.2, -0.15) is 5.26 Å². The molecule has 2 aromatic rings. The van der Waals surface area contributed by atoms with E-state index in [4.69, 9.17) is 4.74 Å². The van der Waals surface area contributed by atoms with Crippen LogP contribution in [0.1, 0.15) is 31.2 Å². The highest BCUT2D eigenvalue weighted by atomic mass is 16.5. The third-order valence-electron chi connectivity index (χ3n) is 6.00. The van der Waals surface area contributed by atoms with Crippen LogP contribution in [-0.4, -0.2) is 60.2 Å². The van der Waals surface area contributed by atoms with Crippen molar-refractivity contribution in [3.63, 3.8) is 0 Å². The zero-order chi connectivity index (χ0) is 19.2. The lowest BCUT2D eigenvalue weighted by atomic mass is 10.0. The van der Waals surface area contributed by atoms with Crippen molar-refractivity contribution in [1.29, 1.82) is 5.26 Å². The number of rotatable bonds is 6. The first kappa shape index (κ1) is 18.9. The Morgan fingerprint density at radius 3 is 2.50 bits per heavy atom. The molecule has 3 heterocycles. The predicted octanol–water partition coefficient (Wildman–Crippen LogP) is 3.56. The third kappa shape index (κ3) is 4.52. The molecule has 2 saturated heterocycles. The van der Waals surface area contributed by atoms with Crippen LogP contribution in [-0.2, 0) is 0 Å². The summed E-state index contributed by atoms with van der Waals surface area (Å²) in [6.45, 7) is 6.67. The maximum atomic E-state index is 9.23. The van der Waals surface area contributed by atoms with Gasteiger partial charge in [-0.05, 0) is 75.6 Å². The number of aromatic nitrogens is 1. The molecule has 4 rings (SSSR count). The van der Waals surface area contributed by atoms with Crippen molar-refractivity contribution >= 4 is 0 Å². The van der Waals surface area contributed by atoms with Gasteiger partial charge in [0.25, 0.3) is 0 Å². The zero-order valence-corrected chi connectivity index (χ0v) is 16.4. The Balaban J connectivity index is 1.23. The molecule has 0 unspecified atom stereocenters. The summed E-state index contributed by atoms with van der Waals surface area (Å²) in [5, 5.41) is 9.23. The normalized spacial score (nSPS) is 18.8. The number of nitrogens with zero attached hydrogens (tertiary/aromatic N) is 4. The standard InChI is InChI=1S/C23H28N4O/c24-17-20-18-25-10-7-23(20)19-3-5-22(6-4-19)28-16-15-26-13-8-21(9-14-26)27-11-1-2-12-27/h3-7,10,18,21H,1-2,8-9,11-16H2. The lowest BCUT2D eigenvalue weighted by Gasteiger charge is -2.36. The van der Waals surface area contributed by atoms with Crippen molar-refractivity contribution in [2.75, 3.05) is 39.3 Å². The van der Waals surface area contributed by atoms with E-state index in [1.807, 2.05) is 30.3 Å². The number of pyridine rings is 1. The minimum atomic E-state index is 0.591. The van der Waals surface area contributed by atoms with Crippen LogP contribution in [0.15, 0.2) is 42.7 Å². The lowest BCUT2D eigenvalue weighted by Crippen LogP contribution is -2.44. The molecule has 0 bridgehead atoms. The number of nitriles is 1. The molecular weight excluding hydrogens is 348 g/mol. The molecule has 5 heteroatoms. The Labute approximate surface area is 167 Å². The summed E-state index contributed by atoms with van der Waals surface area (Å²) >= 11 is 0. The van der Waals surface area contributed by atoms with Gasteiger partial charge < -0.3 is 9.64 Å². The number of likely N-dealkylation sites (tertiary alicyclic amines) is 2. The monoisotopic (exact) mass is 376 g/mol. The van der Waals surface area contributed by atoms with Crippen LogP contribution in [0.4, 0.5) is 0 Å². The van der Waals surface area contributed by atoms with Gasteiger partial charge in [-0.3, -0.25) is 9.88 Å². The fourth-order valence-corrected chi connectivity index (χ4v) is 4.37. The summed E-state index contributed by atoms with van der Waals surface area (Å²) in [6, 6.07) is 12.9. The average Bonchev–Trinajstić information content (AvgIpc) is 3.30. The van der Waals surface area contributed by atoms with Crippen molar-refractivity contribution in [3.8, 4) is 22.9 Å². The van der Waals surface area contributed by atoms with E-state index in [-0.39, 0.29) is 0 Å². The maximum absolute atomic E-state index is 9.23. The van der Waals surface area contributed by atoms with Gasteiger partial charge in [0.1, 0.15) is 18.4 Å². The van der Waals surface area contributed by atoms with Gasteiger partial charge in [0.05, 0.1) is 5.56 Å². The first-order valence-electron chi connectivity index (χ1n) is 10.4. The first-order valence-corrected chi connectivity index (χ1v) is 10.4. The third-order valence-corrected chi connectivity index (χ3v) is 6.00. The van der Waals surface area contributed by atoms with Crippen molar-refractivity contribution in [2.45, 2.75) is 31.7 Å². The van der Waals surface area contributed by atoms with Crippen molar-refractivity contribution in [1.82, 2.24) is 14.8 Å². The quantitative estimate of drug-likeness (QED) is 0.772. The second-order valence-electron chi connectivity index (χ2n) is 7.72. The van der Waals surface area contributed by atoms with Crippen LogP contribution in [0.3, 0.4) is 0 Å². The Morgan fingerprint density at radius 1 is 1.04 bits per heavy atom. The molecule has 0 saturated carbocycles. The minimum Gasteiger partial charge on any atom is -0.492 e. The topological polar surface area (TPSA) is 52.4 Å². The van der Waals surface area contributed by atoms with Gasteiger partial charge in [0.15, 0.2) is 0 Å². The van der Waals surface area contributed by atoms with E-state index in [9.17, 15) is 5.26 Å².